The number of nitrogens with two attached hydrogens (primary N) is 1. The first-order valence-electron chi connectivity index (χ1n) is 3.69. The highest BCUT2D eigenvalue weighted by molar-refractivity contribution is 6.35. The predicted molar refractivity (Wildman–Crippen MR) is 52.3 cm³/mol. The van der Waals surface area contributed by atoms with Crippen LogP contribution in [-0.4, -0.2) is 4.57 Å². The minimum absolute atomic E-state index is 0.750. The van der Waals surface area contributed by atoms with Gasteiger partial charge in [0, 0.05) is 18.6 Å². The molecule has 0 spiro atoms. The van der Waals surface area contributed by atoms with Gasteiger partial charge in [-0.2, -0.15) is 0 Å². The molecule has 0 fully saturated rings. The summed E-state index contributed by atoms with van der Waals surface area (Å²) < 4.78 is 1.97. The van der Waals surface area contributed by atoms with Crippen LogP contribution in [0.25, 0.3) is 10.9 Å². The van der Waals surface area contributed by atoms with Crippen molar-refractivity contribution < 1.29 is 0 Å². The van der Waals surface area contributed by atoms with E-state index in [1.165, 1.54) is 0 Å². The molecule has 0 saturated carbocycles. The fourth-order valence-electron chi connectivity index (χ4n) is 1.41. The molecule has 2 nitrogen and oxygen atoms in total. The zero-order chi connectivity index (χ0) is 8.72. The average molecular weight is 181 g/mol. The summed E-state index contributed by atoms with van der Waals surface area (Å²) in [7, 11) is 1.95. The predicted octanol–water partition coefficient (Wildman–Crippen LogP) is 2.41. The van der Waals surface area contributed by atoms with E-state index >= 15 is 0 Å². The molecule has 0 aliphatic heterocycles. The Kier molecular flexibility index (Phi) is 1.51. The molecule has 0 aliphatic carbocycles. The van der Waals surface area contributed by atoms with Gasteiger partial charge in [0.15, 0.2) is 0 Å². The highest BCUT2D eigenvalue weighted by Gasteiger charge is 2.04. The van der Waals surface area contributed by atoms with Gasteiger partial charge >= 0.3 is 0 Å². The SMILES string of the molecule is Cn1ccc2c(Cl)ccc(N)c21. The third-order valence-corrected chi connectivity index (χ3v) is 2.34. The highest BCUT2D eigenvalue weighted by atomic mass is 35.5. The number of hydrogen-bond acceptors (Lipinski definition) is 1. The largest absolute Gasteiger partial charge is 0.397 e. The van der Waals surface area contributed by atoms with Crippen molar-refractivity contribution in [3.05, 3.63) is 29.4 Å². The second kappa shape index (κ2) is 2.42. The van der Waals surface area contributed by atoms with Gasteiger partial charge in [-0.25, -0.2) is 0 Å². The van der Waals surface area contributed by atoms with Crippen LogP contribution in [-0.2, 0) is 7.05 Å². The van der Waals surface area contributed by atoms with Crippen molar-refractivity contribution in [3.63, 3.8) is 0 Å². The van der Waals surface area contributed by atoms with Gasteiger partial charge in [-0.15, -0.1) is 0 Å². The van der Waals surface area contributed by atoms with Gasteiger partial charge in [0.05, 0.1) is 16.2 Å². The molecule has 0 saturated heterocycles. The number of fused-ring (bicyclic) bond motifs is 1. The van der Waals surface area contributed by atoms with E-state index in [9.17, 15) is 0 Å². The lowest BCUT2D eigenvalue weighted by Gasteiger charge is -2.01. The quantitative estimate of drug-likeness (QED) is 0.621. The minimum Gasteiger partial charge on any atom is -0.397 e. The van der Waals surface area contributed by atoms with Crippen LogP contribution in [0.1, 0.15) is 0 Å². The lowest BCUT2D eigenvalue weighted by molar-refractivity contribution is 0.970. The summed E-state index contributed by atoms with van der Waals surface area (Å²) in [5.41, 5.74) is 7.56. The van der Waals surface area contributed by atoms with Gasteiger partial charge in [0.1, 0.15) is 0 Å². The molecule has 0 aliphatic rings. The summed E-state index contributed by atoms with van der Waals surface area (Å²) in [6.07, 6.45) is 1.95. The maximum Gasteiger partial charge on any atom is 0.0726 e. The zero-order valence-corrected chi connectivity index (χ0v) is 7.47. The number of anilines is 1. The van der Waals surface area contributed by atoms with E-state index < -0.39 is 0 Å². The van der Waals surface area contributed by atoms with Crippen LogP contribution in [0.15, 0.2) is 24.4 Å². The van der Waals surface area contributed by atoms with Crippen molar-refractivity contribution >= 4 is 28.2 Å². The Labute approximate surface area is 75.5 Å². The molecule has 2 N–H and O–H groups in total. The van der Waals surface area contributed by atoms with Crippen LogP contribution >= 0.6 is 11.6 Å². The normalized spacial score (nSPS) is 10.8. The topological polar surface area (TPSA) is 30.9 Å². The molecule has 0 atom stereocenters. The molecular formula is C9H9ClN2. The monoisotopic (exact) mass is 180 g/mol. The number of nitrogen functional groups attached to an aromatic ring is 1. The van der Waals surface area contributed by atoms with Crippen molar-refractivity contribution in [2.24, 2.45) is 7.05 Å². The van der Waals surface area contributed by atoms with Gasteiger partial charge in [-0.3, -0.25) is 0 Å². The Morgan fingerprint density at radius 2 is 2.08 bits per heavy atom. The summed E-state index contributed by atoms with van der Waals surface area (Å²) in [5, 5.41) is 1.76. The van der Waals surface area contributed by atoms with Crippen LogP contribution in [0.2, 0.25) is 5.02 Å². The molecular weight excluding hydrogens is 172 g/mol. The fourth-order valence-corrected chi connectivity index (χ4v) is 1.63. The van der Waals surface area contributed by atoms with Crippen LogP contribution in [0.5, 0.6) is 0 Å². The third kappa shape index (κ3) is 0.883. The Morgan fingerprint density at radius 3 is 2.75 bits per heavy atom. The van der Waals surface area contributed by atoms with Gasteiger partial charge in [0.25, 0.3) is 0 Å². The van der Waals surface area contributed by atoms with E-state index in [0.717, 1.165) is 21.6 Å². The molecule has 3 heteroatoms. The van der Waals surface area contributed by atoms with E-state index in [1.807, 2.05) is 36.0 Å². The lowest BCUT2D eigenvalue weighted by atomic mass is 10.2. The van der Waals surface area contributed by atoms with E-state index in [2.05, 4.69) is 0 Å². The van der Waals surface area contributed by atoms with Crippen molar-refractivity contribution in [2.45, 2.75) is 0 Å². The maximum atomic E-state index is 5.97. The standard InChI is InChI=1S/C9H9ClN2/c1-12-5-4-6-7(10)2-3-8(11)9(6)12/h2-5H,11H2,1H3. The first-order chi connectivity index (χ1) is 5.70. The molecule has 2 rings (SSSR count). The number of aromatic nitrogens is 1. The van der Waals surface area contributed by atoms with Gasteiger partial charge in [-0.1, -0.05) is 11.6 Å². The molecule has 0 amide bonds. The van der Waals surface area contributed by atoms with Crippen LogP contribution < -0.4 is 5.73 Å². The maximum absolute atomic E-state index is 5.97. The minimum atomic E-state index is 0.750. The summed E-state index contributed by atoms with van der Waals surface area (Å²) in [5.74, 6) is 0. The number of benzene rings is 1. The van der Waals surface area contributed by atoms with Crippen molar-refractivity contribution in [3.8, 4) is 0 Å². The number of halogens is 1. The molecule has 0 bridgehead atoms. The van der Waals surface area contributed by atoms with Crippen molar-refractivity contribution in [2.75, 3.05) is 5.73 Å². The molecule has 1 heterocycles. The van der Waals surface area contributed by atoms with E-state index in [1.54, 1.807) is 0 Å². The van der Waals surface area contributed by atoms with Gasteiger partial charge in [0.2, 0.25) is 0 Å². The first-order valence-corrected chi connectivity index (χ1v) is 4.07. The smallest absolute Gasteiger partial charge is 0.0726 e. The molecule has 1 aromatic carbocycles. The van der Waals surface area contributed by atoms with Crippen molar-refractivity contribution in [1.29, 1.82) is 0 Å². The van der Waals surface area contributed by atoms with E-state index in [4.69, 9.17) is 17.3 Å². The highest BCUT2D eigenvalue weighted by Crippen LogP contribution is 2.28. The molecule has 12 heavy (non-hydrogen) atoms. The zero-order valence-electron chi connectivity index (χ0n) is 6.71. The second-order valence-electron chi connectivity index (χ2n) is 2.83. The van der Waals surface area contributed by atoms with Gasteiger partial charge in [-0.05, 0) is 18.2 Å². The second-order valence-corrected chi connectivity index (χ2v) is 3.23. The van der Waals surface area contributed by atoms with E-state index in [0.29, 0.717) is 0 Å². The number of rotatable bonds is 0. The average Bonchev–Trinajstić information content (AvgIpc) is 2.42. The summed E-state index contributed by atoms with van der Waals surface area (Å²) >= 11 is 5.97. The molecule has 0 radical (unpaired) electrons. The van der Waals surface area contributed by atoms with Crippen LogP contribution in [0.3, 0.4) is 0 Å². The Balaban J connectivity index is 2.98. The van der Waals surface area contributed by atoms with Crippen LogP contribution in [0.4, 0.5) is 5.69 Å². The Hall–Kier alpha value is -1.15. The third-order valence-electron chi connectivity index (χ3n) is 2.01. The van der Waals surface area contributed by atoms with E-state index in [-0.39, 0.29) is 0 Å². The van der Waals surface area contributed by atoms with Crippen LogP contribution in [0, 0.1) is 0 Å². The number of nitrogens with zero attached hydrogens (tertiary/aromatic N) is 1. The van der Waals surface area contributed by atoms with Gasteiger partial charge < -0.3 is 10.3 Å². The molecule has 0 unspecified atom stereocenters. The number of aryl methyl sites for hydroxylation is 1. The summed E-state index contributed by atoms with van der Waals surface area (Å²) in [4.78, 5) is 0. The van der Waals surface area contributed by atoms with Crippen molar-refractivity contribution in [1.82, 2.24) is 4.57 Å². The summed E-state index contributed by atoms with van der Waals surface area (Å²) in [6, 6.07) is 5.61. The molecule has 1 aromatic heterocycles. The molecule has 62 valence electrons. The first kappa shape index (κ1) is 7.50. The number of hydrogen-bond donors (Lipinski definition) is 1. The summed E-state index contributed by atoms with van der Waals surface area (Å²) in [6.45, 7) is 0. The molecule has 2 aromatic rings. The fraction of sp³-hybridized carbons (Fsp3) is 0.111. The Bertz CT molecular complexity index is 431. The lowest BCUT2D eigenvalue weighted by Crippen LogP contribution is -1.91. The Morgan fingerprint density at radius 1 is 1.33 bits per heavy atom.